The summed E-state index contributed by atoms with van der Waals surface area (Å²) in [5, 5.41) is 18.6. The summed E-state index contributed by atoms with van der Waals surface area (Å²) in [7, 11) is 2.00. The number of likely N-dealkylation sites (N-methyl/N-ethyl adjacent to an activating group) is 1. The van der Waals surface area contributed by atoms with Crippen LogP contribution in [0.3, 0.4) is 0 Å². The topological polar surface area (TPSA) is 72.6 Å². The molecule has 1 aromatic rings. The average molecular weight is 465 g/mol. The summed E-state index contributed by atoms with van der Waals surface area (Å²) in [6.07, 6.45) is 4.43. The first-order valence-electron chi connectivity index (χ1n) is 9.90. The minimum Gasteiger partial charge on any atom is -0.492 e. The number of aliphatic hydroxyl groups excluding tert-OH is 1. The molecule has 0 saturated carbocycles. The average Bonchev–Trinajstić information content (AvgIpc) is 2.72. The number of nitrogens with zero attached hydrogens (tertiary/aromatic N) is 4. The molecule has 0 saturated heterocycles. The van der Waals surface area contributed by atoms with Crippen LogP contribution in [0.2, 0.25) is 0 Å². The summed E-state index contributed by atoms with van der Waals surface area (Å²) in [4.78, 5) is 8.95. The number of aromatic nitrogens is 1. The summed E-state index contributed by atoms with van der Waals surface area (Å²) >= 11 is 3.55. The lowest BCUT2D eigenvalue weighted by atomic mass is 10.1. The maximum absolute atomic E-state index is 9.35. The predicted octanol–water partition coefficient (Wildman–Crippen LogP) is 4.23. The highest BCUT2D eigenvalue weighted by atomic mass is 79.9. The van der Waals surface area contributed by atoms with E-state index >= 15 is 0 Å². The van der Waals surface area contributed by atoms with Gasteiger partial charge in [-0.2, -0.15) is 5.26 Å². The summed E-state index contributed by atoms with van der Waals surface area (Å²) in [6.45, 7) is 14.2. The van der Waals surface area contributed by atoms with E-state index in [9.17, 15) is 10.4 Å². The SMILES string of the molecule is C=C(CCN(C(C)c1cc(OCC)c(C#N)cn1)C(C)N(C)CCO)/C(Br)=C\C. The monoisotopic (exact) mass is 464 g/mol. The van der Waals surface area contributed by atoms with E-state index in [1.807, 2.05) is 33.0 Å². The number of aliphatic hydroxyl groups is 1. The quantitative estimate of drug-likeness (QED) is 0.368. The normalized spacial score (nSPS) is 14.0. The van der Waals surface area contributed by atoms with Gasteiger partial charge in [0.1, 0.15) is 17.4 Å². The predicted molar refractivity (Wildman–Crippen MR) is 121 cm³/mol. The third-order valence-corrected chi connectivity index (χ3v) is 6.09. The molecule has 2 atom stereocenters. The van der Waals surface area contributed by atoms with Crippen molar-refractivity contribution in [3.05, 3.63) is 46.2 Å². The minimum absolute atomic E-state index is 0.0183. The molecule has 2 unspecified atom stereocenters. The number of hydrogen-bond acceptors (Lipinski definition) is 6. The van der Waals surface area contributed by atoms with Crippen LogP contribution >= 0.6 is 15.9 Å². The summed E-state index contributed by atoms with van der Waals surface area (Å²) in [5.41, 5.74) is 2.31. The first-order valence-corrected chi connectivity index (χ1v) is 10.7. The van der Waals surface area contributed by atoms with Gasteiger partial charge in [0, 0.05) is 29.8 Å². The molecular formula is C22H33BrN4O2. The Hall–Kier alpha value is -1.72. The van der Waals surface area contributed by atoms with E-state index in [0.717, 1.165) is 28.7 Å². The van der Waals surface area contributed by atoms with E-state index in [4.69, 9.17) is 4.74 Å². The summed E-state index contributed by atoms with van der Waals surface area (Å²) in [6, 6.07) is 3.97. The molecule has 0 amide bonds. The Morgan fingerprint density at radius 2 is 2.14 bits per heavy atom. The maximum atomic E-state index is 9.35. The third kappa shape index (κ3) is 7.23. The Labute approximate surface area is 183 Å². The van der Waals surface area contributed by atoms with Crippen molar-refractivity contribution in [1.82, 2.24) is 14.8 Å². The molecule has 160 valence electrons. The summed E-state index contributed by atoms with van der Waals surface area (Å²) < 4.78 is 6.65. The van der Waals surface area contributed by atoms with Crippen LogP contribution in [0.15, 0.2) is 35.0 Å². The van der Waals surface area contributed by atoms with Gasteiger partial charge in [-0.3, -0.25) is 14.8 Å². The van der Waals surface area contributed by atoms with Crippen molar-refractivity contribution in [3.63, 3.8) is 0 Å². The lowest BCUT2D eigenvalue weighted by molar-refractivity contribution is 0.0336. The van der Waals surface area contributed by atoms with Crippen molar-refractivity contribution < 1.29 is 9.84 Å². The number of halogens is 1. The van der Waals surface area contributed by atoms with Gasteiger partial charge < -0.3 is 9.84 Å². The standard InChI is InChI=1S/C22H33BrN4O2/c1-7-20(23)16(3)9-10-27(18(5)26(6)11-12-28)17(4)21-13-22(29-8-2)19(14-24)15-25-21/h7,13,15,17-18,28H,3,8-12H2,1-2,4-6H3/b20-7+. The molecule has 29 heavy (non-hydrogen) atoms. The van der Waals surface area contributed by atoms with Gasteiger partial charge in [0.05, 0.1) is 31.1 Å². The molecule has 0 spiro atoms. The highest BCUT2D eigenvalue weighted by molar-refractivity contribution is 9.12. The van der Waals surface area contributed by atoms with Crippen LogP contribution in [0.1, 0.15) is 51.4 Å². The molecule has 0 bridgehead atoms. The number of allylic oxidation sites excluding steroid dienone is 2. The zero-order chi connectivity index (χ0) is 22.0. The van der Waals surface area contributed by atoms with Gasteiger partial charge in [0.2, 0.25) is 0 Å². The summed E-state index contributed by atoms with van der Waals surface area (Å²) in [5.74, 6) is 0.559. The molecule has 6 nitrogen and oxygen atoms in total. The van der Waals surface area contributed by atoms with E-state index in [1.165, 1.54) is 0 Å². The zero-order valence-corrected chi connectivity index (χ0v) is 19.7. The highest BCUT2D eigenvalue weighted by Crippen LogP contribution is 2.28. The van der Waals surface area contributed by atoms with E-state index in [0.29, 0.717) is 24.5 Å². The molecule has 1 heterocycles. The molecule has 7 heteroatoms. The Bertz CT molecular complexity index is 745. The smallest absolute Gasteiger partial charge is 0.140 e. The Balaban J connectivity index is 3.17. The van der Waals surface area contributed by atoms with Gasteiger partial charge in [0.25, 0.3) is 0 Å². The van der Waals surface area contributed by atoms with E-state index in [1.54, 1.807) is 6.20 Å². The molecule has 1 aromatic heterocycles. The Morgan fingerprint density at radius 3 is 2.69 bits per heavy atom. The van der Waals surface area contributed by atoms with Crippen molar-refractivity contribution in [2.45, 2.75) is 46.3 Å². The number of hydrogen-bond donors (Lipinski definition) is 1. The van der Waals surface area contributed by atoms with E-state index < -0.39 is 0 Å². The van der Waals surface area contributed by atoms with Crippen molar-refractivity contribution in [2.75, 3.05) is 33.4 Å². The zero-order valence-electron chi connectivity index (χ0n) is 18.2. The fourth-order valence-corrected chi connectivity index (χ4v) is 3.30. The van der Waals surface area contributed by atoms with Crippen LogP contribution in [0, 0.1) is 11.3 Å². The molecule has 0 aromatic carbocycles. The Kier molecular flexibility index (Phi) is 11.1. The van der Waals surface area contributed by atoms with Crippen LogP contribution < -0.4 is 4.74 Å². The second-order valence-corrected chi connectivity index (χ2v) is 7.74. The van der Waals surface area contributed by atoms with E-state index in [-0.39, 0.29) is 18.8 Å². The van der Waals surface area contributed by atoms with Gasteiger partial charge in [-0.15, -0.1) is 0 Å². The number of nitriles is 1. The van der Waals surface area contributed by atoms with Crippen LogP contribution in [0.25, 0.3) is 0 Å². The maximum Gasteiger partial charge on any atom is 0.140 e. The van der Waals surface area contributed by atoms with Gasteiger partial charge in [-0.25, -0.2) is 0 Å². The fraction of sp³-hybridized carbons (Fsp3) is 0.545. The van der Waals surface area contributed by atoms with Gasteiger partial charge in [-0.1, -0.05) is 28.6 Å². The van der Waals surface area contributed by atoms with Crippen molar-refractivity contribution in [1.29, 1.82) is 5.26 Å². The largest absolute Gasteiger partial charge is 0.492 e. The van der Waals surface area contributed by atoms with Gasteiger partial charge in [0.15, 0.2) is 0 Å². The van der Waals surface area contributed by atoms with Gasteiger partial charge >= 0.3 is 0 Å². The van der Waals surface area contributed by atoms with Crippen LogP contribution in [0.4, 0.5) is 0 Å². The molecule has 0 aliphatic rings. The van der Waals surface area contributed by atoms with Crippen LogP contribution in [-0.2, 0) is 0 Å². The van der Waals surface area contributed by atoms with Crippen LogP contribution in [-0.4, -0.2) is 59.4 Å². The molecule has 1 N–H and O–H groups in total. The van der Waals surface area contributed by atoms with E-state index in [2.05, 4.69) is 57.2 Å². The lowest BCUT2D eigenvalue weighted by Crippen LogP contribution is -2.47. The van der Waals surface area contributed by atoms with Crippen LogP contribution in [0.5, 0.6) is 5.75 Å². The lowest BCUT2D eigenvalue weighted by Gasteiger charge is -2.39. The number of ether oxygens (including phenoxy) is 1. The van der Waals surface area contributed by atoms with Crippen molar-refractivity contribution in [2.24, 2.45) is 0 Å². The molecule has 0 aliphatic carbocycles. The first-order chi connectivity index (χ1) is 13.8. The molecule has 1 rings (SSSR count). The fourth-order valence-electron chi connectivity index (χ4n) is 3.10. The Morgan fingerprint density at radius 1 is 1.45 bits per heavy atom. The van der Waals surface area contributed by atoms with Gasteiger partial charge in [-0.05, 0) is 46.7 Å². The second-order valence-electron chi connectivity index (χ2n) is 6.89. The molecule has 0 fully saturated rings. The highest BCUT2D eigenvalue weighted by Gasteiger charge is 2.26. The van der Waals surface area contributed by atoms with Crippen molar-refractivity contribution >= 4 is 15.9 Å². The molecular weight excluding hydrogens is 432 g/mol. The first kappa shape index (κ1) is 25.3. The number of pyridine rings is 1. The second kappa shape index (κ2) is 12.8. The number of rotatable bonds is 12. The molecule has 0 aliphatic heterocycles. The molecule has 0 radical (unpaired) electrons. The third-order valence-electron chi connectivity index (χ3n) is 5.07. The minimum atomic E-state index is -0.0183. The van der Waals surface area contributed by atoms with Crippen molar-refractivity contribution in [3.8, 4) is 11.8 Å².